The van der Waals surface area contributed by atoms with Gasteiger partial charge in [-0.05, 0) is 42.9 Å². The highest BCUT2D eigenvalue weighted by atomic mass is 79.9. The topological polar surface area (TPSA) is 48.5 Å². The number of benzene rings is 1. The molecule has 0 saturated carbocycles. The van der Waals surface area contributed by atoms with E-state index < -0.39 is 0 Å². The maximum Gasteiger partial charge on any atom is 0.257 e. The number of carbonyl (C=O) groups is 1. The number of halogens is 1. The van der Waals surface area contributed by atoms with Crippen LogP contribution in [0, 0.1) is 0 Å². The number of nitrogens with one attached hydrogen (secondary N) is 1. The van der Waals surface area contributed by atoms with Gasteiger partial charge in [0.15, 0.2) is 0 Å². The van der Waals surface area contributed by atoms with Gasteiger partial charge in [0.25, 0.3) is 5.91 Å². The predicted octanol–water partition coefficient (Wildman–Crippen LogP) is 3.24. The van der Waals surface area contributed by atoms with Crippen molar-refractivity contribution in [2.75, 3.05) is 42.9 Å². The van der Waals surface area contributed by atoms with Gasteiger partial charge in [-0.3, -0.25) is 4.79 Å². The van der Waals surface area contributed by atoms with Crippen LogP contribution in [0.1, 0.15) is 17.3 Å². The van der Waals surface area contributed by atoms with E-state index in [4.69, 9.17) is 0 Å². The van der Waals surface area contributed by atoms with Crippen LogP contribution < -0.4 is 10.2 Å². The zero-order valence-electron chi connectivity index (χ0n) is 13.7. The fourth-order valence-electron chi connectivity index (χ4n) is 2.74. The summed E-state index contributed by atoms with van der Waals surface area (Å²) in [7, 11) is 0. The molecule has 1 fully saturated rings. The highest BCUT2D eigenvalue weighted by Gasteiger charge is 2.17. The Balaban J connectivity index is 1.61. The van der Waals surface area contributed by atoms with Gasteiger partial charge in [0.2, 0.25) is 0 Å². The molecule has 0 spiro atoms. The lowest BCUT2D eigenvalue weighted by molar-refractivity contribution is 0.102. The predicted molar refractivity (Wildman–Crippen MR) is 101 cm³/mol. The summed E-state index contributed by atoms with van der Waals surface area (Å²) in [6, 6.07) is 11.3. The summed E-state index contributed by atoms with van der Waals surface area (Å²) >= 11 is 3.38. The third-order valence-corrected chi connectivity index (χ3v) is 4.78. The van der Waals surface area contributed by atoms with Crippen LogP contribution in [0.5, 0.6) is 0 Å². The second-order valence-electron chi connectivity index (χ2n) is 5.79. The SMILES string of the molecule is CCN1CCN(c2ccc(C(=O)Nc3ccc(Br)cc3)cn2)CC1. The van der Waals surface area contributed by atoms with E-state index in [0.29, 0.717) is 5.56 Å². The Bertz CT molecular complexity index is 679. The molecule has 2 aromatic rings. The average Bonchev–Trinajstić information content (AvgIpc) is 2.64. The first-order valence-corrected chi connectivity index (χ1v) is 8.95. The minimum Gasteiger partial charge on any atom is -0.354 e. The fraction of sp³-hybridized carbons (Fsp3) is 0.333. The fourth-order valence-corrected chi connectivity index (χ4v) is 3.00. The monoisotopic (exact) mass is 388 g/mol. The molecule has 1 saturated heterocycles. The number of hydrogen-bond acceptors (Lipinski definition) is 4. The van der Waals surface area contributed by atoms with Gasteiger partial charge in [0.05, 0.1) is 5.56 Å². The van der Waals surface area contributed by atoms with Crippen molar-refractivity contribution in [2.24, 2.45) is 0 Å². The largest absolute Gasteiger partial charge is 0.354 e. The molecule has 0 atom stereocenters. The Labute approximate surface area is 150 Å². The Hall–Kier alpha value is -1.92. The van der Waals surface area contributed by atoms with Crippen LogP contribution in [0.4, 0.5) is 11.5 Å². The number of carbonyl (C=O) groups excluding carboxylic acids is 1. The molecule has 2 heterocycles. The van der Waals surface area contributed by atoms with Crippen molar-refractivity contribution in [2.45, 2.75) is 6.92 Å². The van der Waals surface area contributed by atoms with E-state index in [1.54, 1.807) is 6.20 Å². The molecular formula is C18H21BrN4O. The van der Waals surface area contributed by atoms with E-state index in [1.807, 2.05) is 36.4 Å². The van der Waals surface area contributed by atoms with Gasteiger partial charge in [0.1, 0.15) is 5.82 Å². The van der Waals surface area contributed by atoms with Gasteiger partial charge >= 0.3 is 0 Å². The molecule has 3 rings (SSSR count). The number of hydrogen-bond donors (Lipinski definition) is 1. The van der Waals surface area contributed by atoms with Crippen LogP contribution in [-0.2, 0) is 0 Å². The Morgan fingerprint density at radius 3 is 2.42 bits per heavy atom. The number of likely N-dealkylation sites (N-methyl/N-ethyl adjacent to an activating group) is 1. The molecule has 0 radical (unpaired) electrons. The van der Waals surface area contributed by atoms with E-state index in [0.717, 1.165) is 48.7 Å². The lowest BCUT2D eigenvalue weighted by atomic mass is 10.2. The molecule has 1 amide bonds. The highest BCUT2D eigenvalue weighted by Crippen LogP contribution is 2.17. The molecule has 1 N–H and O–H groups in total. The summed E-state index contributed by atoms with van der Waals surface area (Å²) in [6.07, 6.45) is 1.65. The maximum absolute atomic E-state index is 12.3. The zero-order valence-corrected chi connectivity index (χ0v) is 15.3. The standard InChI is InChI=1S/C18H21BrN4O/c1-2-22-9-11-23(12-10-22)17-8-3-14(13-20-17)18(24)21-16-6-4-15(19)5-7-16/h3-8,13H,2,9-12H2,1H3,(H,21,24). The number of pyridine rings is 1. The number of aromatic nitrogens is 1. The van der Waals surface area contributed by atoms with Gasteiger partial charge < -0.3 is 15.1 Å². The number of amides is 1. The Morgan fingerprint density at radius 2 is 1.83 bits per heavy atom. The van der Waals surface area contributed by atoms with Crippen molar-refractivity contribution >= 4 is 33.3 Å². The number of piperazine rings is 1. The van der Waals surface area contributed by atoms with Gasteiger partial charge in [-0.25, -0.2) is 4.98 Å². The number of anilines is 2. The number of rotatable bonds is 4. The van der Waals surface area contributed by atoms with Crippen LogP contribution in [0.15, 0.2) is 47.1 Å². The third kappa shape index (κ3) is 4.13. The first kappa shape index (κ1) is 16.9. The van der Waals surface area contributed by atoms with Crippen molar-refractivity contribution < 1.29 is 4.79 Å². The molecule has 1 aliphatic heterocycles. The molecule has 1 aromatic carbocycles. The van der Waals surface area contributed by atoms with E-state index in [2.05, 4.69) is 43.0 Å². The lowest BCUT2D eigenvalue weighted by Gasteiger charge is -2.34. The zero-order chi connectivity index (χ0) is 16.9. The van der Waals surface area contributed by atoms with Crippen LogP contribution >= 0.6 is 15.9 Å². The van der Waals surface area contributed by atoms with Gasteiger partial charge in [-0.15, -0.1) is 0 Å². The minimum absolute atomic E-state index is 0.146. The second-order valence-corrected chi connectivity index (χ2v) is 6.70. The molecule has 1 aromatic heterocycles. The minimum atomic E-state index is -0.146. The first-order valence-electron chi connectivity index (χ1n) is 8.16. The molecule has 1 aliphatic rings. The van der Waals surface area contributed by atoms with Crippen LogP contribution in [0.25, 0.3) is 0 Å². The normalized spacial score (nSPS) is 15.3. The summed E-state index contributed by atoms with van der Waals surface area (Å²) in [6.45, 7) is 7.35. The molecule has 24 heavy (non-hydrogen) atoms. The van der Waals surface area contributed by atoms with Crippen molar-refractivity contribution in [1.29, 1.82) is 0 Å². The number of nitrogens with zero attached hydrogens (tertiary/aromatic N) is 3. The van der Waals surface area contributed by atoms with Crippen LogP contribution in [0.2, 0.25) is 0 Å². The first-order chi connectivity index (χ1) is 11.7. The lowest BCUT2D eigenvalue weighted by Crippen LogP contribution is -2.46. The van der Waals surface area contributed by atoms with E-state index in [9.17, 15) is 4.79 Å². The van der Waals surface area contributed by atoms with E-state index in [1.165, 1.54) is 0 Å². The van der Waals surface area contributed by atoms with Gasteiger partial charge in [-0.2, -0.15) is 0 Å². The smallest absolute Gasteiger partial charge is 0.257 e. The highest BCUT2D eigenvalue weighted by molar-refractivity contribution is 9.10. The van der Waals surface area contributed by atoms with Crippen LogP contribution in [-0.4, -0.2) is 48.5 Å². The quantitative estimate of drug-likeness (QED) is 0.873. The van der Waals surface area contributed by atoms with Crippen molar-refractivity contribution in [3.05, 3.63) is 52.6 Å². The second kappa shape index (κ2) is 7.77. The van der Waals surface area contributed by atoms with E-state index in [-0.39, 0.29) is 5.91 Å². The summed E-state index contributed by atoms with van der Waals surface area (Å²) in [5, 5.41) is 2.88. The molecule has 0 unspecified atom stereocenters. The van der Waals surface area contributed by atoms with Gasteiger partial charge in [0, 0.05) is 42.5 Å². The van der Waals surface area contributed by atoms with Crippen molar-refractivity contribution in [1.82, 2.24) is 9.88 Å². The van der Waals surface area contributed by atoms with Crippen molar-refractivity contribution in [3.63, 3.8) is 0 Å². The summed E-state index contributed by atoms with van der Waals surface area (Å²) in [4.78, 5) is 21.4. The van der Waals surface area contributed by atoms with Crippen molar-refractivity contribution in [3.8, 4) is 0 Å². The summed E-state index contributed by atoms with van der Waals surface area (Å²) < 4.78 is 0.981. The molecule has 0 aliphatic carbocycles. The summed E-state index contributed by atoms with van der Waals surface area (Å²) in [5.74, 6) is 0.790. The third-order valence-electron chi connectivity index (χ3n) is 4.26. The molecule has 0 bridgehead atoms. The Morgan fingerprint density at radius 1 is 1.12 bits per heavy atom. The van der Waals surface area contributed by atoms with E-state index >= 15 is 0 Å². The molecule has 6 heteroatoms. The van der Waals surface area contributed by atoms with Gasteiger partial charge in [-0.1, -0.05) is 22.9 Å². The molecule has 126 valence electrons. The Kier molecular flexibility index (Phi) is 5.48. The maximum atomic E-state index is 12.3. The average molecular weight is 389 g/mol. The van der Waals surface area contributed by atoms with Crippen LogP contribution in [0.3, 0.4) is 0 Å². The molecular weight excluding hydrogens is 368 g/mol. The summed E-state index contributed by atoms with van der Waals surface area (Å²) in [5.41, 5.74) is 1.33. The molecule has 5 nitrogen and oxygen atoms in total.